The second kappa shape index (κ2) is 8.17. The van der Waals surface area contributed by atoms with Crippen molar-refractivity contribution in [2.24, 2.45) is 7.05 Å². The van der Waals surface area contributed by atoms with Gasteiger partial charge in [-0.15, -0.1) is 0 Å². The lowest BCUT2D eigenvalue weighted by Gasteiger charge is -2.14. The highest BCUT2D eigenvalue weighted by Gasteiger charge is 2.23. The van der Waals surface area contributed by atoms with Gasteiger partial charge in [0.25, 0.3) is 0 Å². The fraction of sp³-hybridized carbons (Fsp3) is 0.360. The van der Waals surface area contributed by atoms with Crippen LogP contribution in [0.15, 0.2) is 35.1 Å². The normalized spacial score (nSPS) is 12.7. The van der Waals surface area contributed by atoms with Gasteiger partial charge in [-0.2, -0.15) is 0 Å². The number of rotatable bonds is 6. The standard InChI is InChI=1S/C25H28ClN3O3/c1-6-19(12-23(30)31)29-22-9-14(2)7-8-21(22)28(25(29)32)13-17-10-18(26)11-20-15(3)16(4)27(5)24(17)20/h7-11,19H,6,12-13H2,1-5H3,(H,30,31). The van der Waals surface area contributed by atoms with Crippen LogP contribution in [0.1, 0.15) is 48.2 Å². The summed E-state index contributed by atoms with van der Waals surface area (Å²) in [6.07, 6.45) is 0.456. The van der Waals surface area contributed by atoms with Crippen LogP contribution < -0.4 is 5.69 Å². The molecule has 168 valence electrons. The summed E-state index contributed by atoms with van der Waals surface area (Å²) >= 11 is 6.47. The Bertz CT molecular complexity index is 1420. The number of benzene rings is 2. The van der Waals surface area contributed by atoms with E-state index in [0.29, 0.717) is 18.0 Å². The first kappa shape index (κ1) is 22.2. The molecule has 32 heavy (non-hydrogen) atoms. The molecule has 1 unspecified atom stereocenters. The molecule has 0 aliphatic heterocycles. The van der Waals surface area contributed by atoms with Crippen molar-refractivity contribution in [1.82, 2.24) is 13.7 Å². The highest BCUT2D eigenvalue weighted by Crippen LogP contribution is 2.32. The number of carboxylic acid groups (broad SMARTS) is 1. The second-order valence-corrected chi connectivity index (χ2v) is 9.06. The average molecular weight is 454 g/mol. The van der Waals surface area contributed by atoms with E-state index in [0.717, 1.165) is 38.8 Å². The fourth-order valence-electron chi connectivity index (χ4n) is 4.76. The fourth-order valence-corrected chi connectivity index (χ4v) is 5.00. The molecule has 7 heteroatoms. The number of aromatic nitrogens is 3. The highest BCUT2D eigenvalue weighted by molar-refractivity contribution is 6.31. The number of carboxylic acids is 1. The lowest BCUT2D eigenvalue weighted by Crippen LogP contribution is -2.29. The first-order valence-electron chi connectivity index (χ1n) is 10.8. The molecule has 0 aliphatic rings. The van der Waals surface area contributed by atoms with Crippen LogP contribution in [0, 0.1) is 20.8 Å². The molecule has 2 aromatic carbocycles. The molecule has 0 amide bonds. The molecule has 2 aromatic heterocycles. The van der Waals surface area contributed by atoms with Gasteiger partial charge in [-0.3, -0.25) is 13.9 Å². The zero-order valence-corrected chi connectivity index (χ0v) is 19.8. The van der Waals surface area contributed by atoms with Crippen LogP contribution in [-0.4, -0.2) is 24.8 Å². The van der Waals surface area contributed by atoms with Crippen molar-refractivity contribution in [3.8, 4) is 0 Å². The summed E-state index contributed by atoms with van der Waals surface area (Å²) in [5.74, 6) is -0.913. The molecule has 1 N–H and O–H groups in total. The third-order valence-corrected chi connectivity index (χ3v) is 6.85. The van der Waals surface area contributed by atoms with Crippen LogP contribution in [-0.2, 0) is 18.4 Å². The van der Waals surface area contributed by atoms with Crippen LogP contribution in [0.4, 0.5) is 0 Å². The molecular weight excluding hydrogens is 426 g/mol. The van der Waals surface area contributed by atoms with E-state index in [4.69, 9.17) is 11.6 Å². The van der Waals surface area contributed by atoms with Crippen LogP contribution in [0.3, 0.4) is 0 Å². The van der Waals surface area contributed by atoms with E-state index in [9.17, 15) is 14.7 Å². The largest absolute Gasteiger partial charge is 0.481 e. The number of fused-ring (bicyclic) bond motifs is 2. The smallest absolute Gasteiger partial charge is 0.329 e. The van der Waals surface area contributed by atoms with E-state index >= 15 is 0 Å². The monoisotopic (exact) mass is 453 g/mol. The number of hydrogen-bond acceptors (Lipinski definition) is 2. The molecule has 6 nitrogen and oxygen atoms in total. The Morgan fingerprint density at radius 1 is 1.12 bits per heavy atom. The quantitative estimate of drug-likeness (QED) is 0.428. The van der Waals surface area contributed by atoms with Crippen molar-refractivity contribution in [3.05, 3.63) is 68.2 Å². The SMILES string of the molecule is CCC(CC(=O)O)n1c(=O)n(Cc2cc(Cl)cc3c(C)c(C)n(C)c23)c2ccc(C)cc21. The van der Waals surface area contributed by atoms with Gasteiger partial charge in [0, 0.05) is 29.2 Å². The maximum atomic E-state index is 13.7. The second-order valence-electron chi connectivity index (χ2n) is 8.62. The summed E-state index contributed by atoms with van der Waals surface area (Å²) in [4.78, 5) is 25.1. The molecular formula is C25H28ClN3O3. The maximum Gasteiger partial charge on any atom is 0.329 e. The number of carbonyl (C=O) groups is 1. The minimum atomic E-state index is -0.913. The molecule has 4 aromatic rings. The van der Waals surface area contributed by atoms with Crippen molar-refractivity contribution < 1.29 is 9.90 Å². The number of aliphatic carboxylic acids is 1. The molecule has 0 saturated carbocycles. The predicted octanol–water partition coefficient (Wildman–Crippen LogP) is 5.35. The van der Waals surface area contributed by atoms with Gasteiger partial charge in [0.1, 0.15) is 0 Å². The van der Waals surface area contributed by atoms with E-state index in [2.05, 4.69) is 18.4 Å². The van der Waals surface area contributed by atoms with Gasteiger partial charge in [-0.1, -0.05) is 24.6 Å². The van der Waals surface area contributed by atoms with Gasteiger partial charge in [0.15, 0.2) is 0 Å². The van der Waals surface area contributed by atoms with Gasteiger partial charge >= 0.3 is 11.7 Å². The van der Waals surface area contributed by atoms with E-state index in [1.165, 1.54) is 5.56 Å². The van der Waals surface area contributed by atoms with Crippen molar-refractivity contribution in [2.45, 2.75) is 53.1 Å². The Balaban J connectivity index is 1.98. The molecule has 2 heterocycles. The first-order valence-corrected chi connectivity index (χ1v) is 11.2. The van der Waals surface area contributed by atoms with Crippen LogP contribution in [0.25, 0.3) is 21.9 Å². The van der Waals surface area contributed by atoms with Crippen molar-refractivity contribution >= 4 is 39.5 Å². The van der Waals surface area contributed by atoms with E-state index < -0.39 is 12.0 Å². The summed E-state index contributed by atoms with van der Waals surface area (Å²) in [5, 5.41) is 11.1. The zero-order valence-electron chi connectivity index (χ0n) is 19.1. The van der Waals surface area contributed by atoms with Gasteiger partial charge in [-0.05, 0) is 68.1 Å². The Morgan fingerprint density at radius 2 is 1.84 bits per heavy atom. The number of nitrogens with zero attached hydrogens (tertiary/aromatic N) is 3. The summed E-state index contributed by atoms with van der Waals surface area (Å²) in [7, 11) is 2.03. The lowest BCUT2D eigenvalue weighted by atomic mass is 10.1. The average Bonchev–Trinajstić information content (AvgIpc) is 3.11. The number of aryl methyl sites for hydroxylation is 3. The maximum absolute atomic E-state index is 13.7. The molecule has 4 rings (SSSR count). The third kappa shape index (κ3) is 3.52. The number of imidazole rings is 1. The third-order valence-electron chi connectivity index (χ3n) is 6.63. The predicted molar refractivity (Wildman–Crippen MR) is 129 cm³/mol. The molecule has 0 bridgehead atoms. The van der Waals surface area contributed by atoms with Gasteiger partial charge in [0.05, 0.1) is 29.5 Å². The Morgan fingerprint density at radius 3 is 2.50 bits per heavy atom. The first-order chi connectivity index (χ1) is 15.1. The molecule has 0 aliphatic carbocycles. The van der Waals surface area contributed by atoms with Crippen LogP contribution >= 0.6 is 11.6 Å². The summed E-state index contributed by atoms with van der Waals surface area (Å²) in [5.41, 5.74) is 6.72. The minimum Gasteiger partial charge on any atom is -0.481 e. The Hall–Kier alpha value is -2.99. The molecule has 0 radical (unpaired) electrons. The molecule has 0 saturated heterocycles. The zero-order chi connectivity index (χ0) is 23.3. The summed E-state index contributed by atoms with van der Waals surface area (Å²) < 4.78 is 5.53. The molecule has 0 fully saturated rings. The lowest BCUT2D eigenvalue weighted by molar-refractivity contribution is -0.137. The van der Waals surface area contributed by atoms with Gasteiger partial charge in [-0.25, -0.2) is 4.79 Å². The van der Waals surface area contributed by atoms with E-state index in [1.807, 2.05) is 51.2 Å². The Labute approximate surface area is 191 Å². The number of hydrogen-bond donors (Lipinski definition) is 1. The van der Waals surface area contributed by atoms with Crippen molar-refractivity contribution in [1.29, 1.82) is 0 Å². The Kier molecular flexibility index (Phi) is 5.67. The summed E-state index contributed by atoms with van der Waals surface area (Å²) in [6.45, 7) is 8.39. The van der Waals surface area contributed by atoms with Gasteiger partial charge in [0.2, 0.25) is 0 Å². The molecule has 0 spiro atoms. The highest BCUT2D eigenvalue weighted by atomic mass is 35.5. The topological polar surface area (TPSA) is 69.2 Å². The molecule has 1 atom stereocenters. The van der Waals surface area contributed by atoms with Crippen molar-refractivity contribution in [2.75, 3.05) is 0 Å². The van der Waals surface area contributed by atoms with Crippen molar-refractivity contribution in [3.63, 3.8) is 0 Å². The van der Waals surface area contributed by atoms with E-state index in [-0.39, 0.29) is 12.1 Å². The summed E-state index contributed by atoms with van der Waals surface area (Å²) in [6, 6.07) is 9.36. The van der Waals surface area contributed by atoms with Crippen LogP contribution in [0.5, 0.6) is 0 Å². The van der Waals surface area contributed by atoms with Gasteiger partial charge < -0.3 is 9.67 Å². The number of halogens is 1. The van der Waals surface area contributed by atoms with Crippen LogP contribution in [0.2, 0.25) is 5.02 Å². The minimum absolute atomic E-state index is 0.0962. The van der Waals surface area contributed by atoms with E-state index in [1.54, 1.807) is 9.13 Å².